The van der Waals surface area contributed by atoms with Crippen molar-refractivity contribution in [3.8, 4) is 11.1 Å². The minimum Gasteiger partial charge on any atom is -0.340 e. The van der Waals surface area contributed by atoms with Crippen LogP contribution in [0.4, 0.5) is 0 Å². The monoisotopic (exact) mass is 347 g/mol. The molecule has 0 radical (unpaired) electrons. The molecule has 0 saturated heterocycles. The molecule has 0 saturated carbocycles. The van der Waals surface area contributed by atoms with Crippen molar-refractivity contribution in [3.63, 3.8) is 0 Å². The molecular weight excluding hydrogens is 322 g/mol. The largest absolute Gasteiger partial charge is 0.340 e. The van der Waals surface area contributed by atoms with Crippen LogP contribution in [0.2, 0.25) is 0 Å². The molecule has 0 aliphatic heterocycles. The zero-order valence-corrected chi connectivity index (χ0v) is 15.9. The van der Waals surface area contributed by atoms with E-state index in [2.05, 4.69) is 30.2 Å². The lowest BCUT2D eigenvalue weighted by Gasteiger charge is -2.18. The van der Waals surface area contributed by atoms with Crippen LogP contribution in [0.25, 0.3) is 11.1 Å². The Kier molecular flexibility index (Phi) is 5.21. The van der Waals surface area contributed by atoms with Gasteiger partial charge in [0.05, 0.1) is 12.2 Å². The van der Waals surface area contributed by atoms with Crippen molar-refractivity contribution >= 4 is 5.91 Å². The van der Waals surface area contributed by atoms with Gasteiger partial charge in [0.2, 0.25) is 0 Å². The number of hydrogen-bond donors (Lipinski definition) is 0. The number of aromatic nitrogens is 2. The lowest BCUT2D eigenvalue weighted by molar-refractivity contribution is 0.0788. The summed E-state index contributed by atoms with van der Waals surface area (Å²) in [6.07, 6.45) is 0. The second-order valence-electron chi connectivity index (χ2n) is 6.77. The number of hydrogen-bond acceptors (Lipinski definition) is 2. The van der Waals surface area contributed by atoms with Crippen molar-refractivity contribution in [1.82, 2.24) is 14.7 Å². The number of rotatable bonds is 5. The minimum absolute atomic E-state index is 0.0296. The van der Waals surface area contributed by atoms with Crippen LogP contribution in [-0.4, -0.2) is 34.2 Å². The van der Waals surface area contributed by atoms with Gasteiger partial charge in [0.15, 0.2) is 0 Å². The summed E-state index contributed by atoms with van der Waals surface area (Å²) in [6.45, 7) is 7.42. The Labute approximate surface area is 155 Å². The van der Waals surface area contributed by atoms with Crippen LogP contribution < -0.4 is 0 Å². The first-order chi connectivity index (χ1) is 12.5. The SMILES string of the molecule is Cc1cc(C)n(CCN(C)C(=O)c2cccc(-c3ccccc3C)c2)n1. The van der Waals surface area contributed by atoms with Gasteiger partial charge in [-0.15, -0.1) is 0 Å². The van der Waals surface area contributed by atoms with E-state index in [1.165, 1.54) is 5.56 Å². The Hall–Kier alpha value is -2.88. The fourth-order valence-corrected chi connectivity index (χ4v) is 3.18. The zero-order chi connectivity index (χ0) is 18.7. The molecule has 0 fully saturated rings. The number of nitrogens with zero attached hydrogens (tertiary/aromatic N) is 3. The van der Waals surface area contributed by atoms with Crippen LogP contribution in [0.1, 0.15) is 27.3 Å². The topological polar surface area (TPSA) is 38.1 Å². The third-order valence-corrected chi connectivity index (χ3v) is 4.66. The van der Waals surface area contributed by atoms with Crippen molar-refractivity contribution in [2.45, 2.75) is 27.3 Å². The summed E-state index contributed by atoms with van der Waals surface area (Å²) in [5, 5.41) is 4.46. The van der Waals surface area contributed by atoms with Crippen LogP contribution in [0.15, 0.2) is 54.6 Å². The highest BCUT2D eigenvalue weighted by Crippen LogP contribution is 2.24. The van der Waals surface area contributed by atoms with Gasteiger partial charge in [-0.25, -0.2) is 0 Å². The molecule has 0 aliphatic carbocycles. The number of aryl methyl sites for hydroxylation is 3. The lowest BCUT2D eigenvalue weighted by atomic mass is 9.99. The molecule has 3 aromatic rings. The summed E-state index contributed by atoms with van der Waals surface area (Å²) in [6, 6.07) is 18.1. The highest BCUT2D eigenvalue weighted by molar-refractivity contribution is 5.95. The third-order valence-electron chi connectivity index (χ3n) is 4.66. The quantitative estimate of drug-likeness (QED) is 0.692. The van der Waals surface area contributed by atoms with E-state index < -0.39 is 0 Å². The van der Waals surface area contributed by atoms with E-state index in [1.807, 2.05) is 62.0 Å². The summed E-state index contributed by atoms with van der Waals surface area (Å²) in [5.41, 5.74) is 6.26. The minimum atomic E-state index is 0.0296. The molecule has 134 valence electrons. The van der Waals surface area contributed by atoms with E-state index in [9.17, 15) is 4.79 Å². The van der Waals surface area contributed by atoms with Gasteiger partial charge in [0.1, 0.15) is 0 Å². The second-order valence-corrected chi connectivity index (χ2v) is 6.77. The summed E-state index contributed by atoms with van der Waals surface area (Å²) in [4.78, 5) is 14.6. The summed E-state index contributed by atoms with van der Waals surface area (Å²) >= 11 is 0. The standard InChI is InChI=1S/C22H25N3O/c1-16-8-5-6-11-21(16)19-9-7-10-20(15-19)22(26)24(4)12-13-25-18(3)14-17(2)23-25/h5-11,14-15H,12-13H2,1-4H3. The number of benzene rings is 2. The number of carbonyl (C=O) groups is 1. The first-order valence-corrected chi connectivity index (χ1v) is 8.88. The molecule has 1 aromatic heterocycles. The van der Waals surface area contributed by atoms with Gasteiger partial charge in [0, 0.05) is 24.8 Å². The molecule has 0 unspecified atom stereocenters. The van der Waals surface area contributed by atoms with Gasteiger partial charge in [-0.05, 0) is 55.7 Å². The summed E-state index contributed by atoms with van der Waals surface area (Å²) < 4.78 is 1.95. The lowest BCUT2D eigenvalue weighted by Crippen LogP contribution is -2.30. The van der Waals surface area contributed by atoms with E-state index in [0.717, 1.165) is 22.5 Å². The van der Waals surface area contributed by atoms with E-state index in [-0.39, 0.29) is 5.91 Å². The molecule has 4 nitrogen and oxygen atoms in total. The van der Waals surface area contributed by atoms with E-state index in [0.29, 0.717) is 18.7 Å². The molecule has 4 heteroatoms. The molecule has 2 aromatic carbocycles. The Morgan fingerprint density at radius 3 is 2.50 bits per heavy atom. The van der Waals surface area contributed by atoms with Gasteiger partial charge < -0.3 is 4.90 Å². The molecule has 0 spiro atoms. The predicted octanol–water partition coefficient (Wildman–Crippen LogP) is 4.25. The van der Waals surface area contributed by atoms with Gasteiger partial charge in [-0.3, -0.25) is 9.48 Å². The third kappa shape index (κ3) is 3.85. The van der Waals surface area contributed by atoms with Gasteiger partial charge in [0.25, 0.3) is 5.91 Å². The fraction of sp³-hybridized carbons (Fsp3) is 0.273. The molecule has 0 bridgehead atoms. The Morgan fingerprint density at radius 2 is 1.81 bits per heavy atom. The molecule has 1 amide bonds. The first kappa shape index (κ1) is 17.9. The Balaban J connectivity index is 1.74. The van der Waals surface area contributed by atoms with Crippen LogP contribution >= 0.6 is 0 Å². The number of carbonyl (C=O) groups excluding carboxylic acids is 1. The maximum absolute atomic E-state index is 12.8. The van der Waals surface area contributed by atoms with E-state index >= 15 is 0 Å². The normalized spacial score (nSPS) is 10.8. The highest BCUT2D eigenvalue weighted by atomic mass is 16.2. The number of likely N-dealkylation sites (N-methyl/N-ethyl adjacent to an activating group) is 1. The van der Waals surface area contributed by atoms with Crippen molar-refractivity contribution < 1.29 is 4.79 Å². The van der Waals surface area contributed by atoms with Gasteiger partial charge in [-0.1, -0.05) is 36.4 Å². The number of amides is 1. The van der Waals surface area contributed by atoms with Crippen molar-refractivity contribution in [2.24, 2.45) is 0 Å². The Morgan fingerprint density at radius 1 is 1.04 bits per heavy atom. The van der Waals surface area contributed by atoms with Crippen LogP contribution in [0.5, 0.6) is 0 Å². The maximum Gasteiger partial charge on any atom is 0.253 e. The Bertz CT molecular complexity index is 927. The van der Waals surface area contributed by atoms with Gasteiger partial charge >= 0.3 is 0 Å². The predicted molar refractivity (Wildman–Crippen MR) is 105 cm³/mol. The zero-order valence-electron chi connectivity index (χ0n) is 15.9. The molecule has 0 atom stereocenters. The molecule has 26 heavy (non-hydrogen) atoms. The first-order valence-electron chi connectivity index (χ1n) is 8.88. The smallest absolute Gasteiger partial charge is 0.253 e. The van der Waals surface area contributed by atoms with Crippen LogP contribution in [0, 0.1) is 20.8 Å². The van der Waals surface area contributed by atoms with Crippen molar-refractivity contribution in [1.29, 1.82) is 0 Å². The van der Waals surface area contributed by atoms with Gasteiger partial charge in [-0.2, -0.15) is 5.10 Å². The molecule has 1 heterocycles. The molecule has 3 rings (SSSR count). The fourth-order valence-electron chi connectivity index (χ4n) is 3.18. The molecule has 0 N–H and O–H groups in total. The summed E-state index contributed by atoms with van der Waals surface area (Å²) in [7, 11) is 1.84. The second kappa shape index (κ2) is 7.56. The summed E-state index contributed by atoms with van der Waals surface area (Å²) in [5.74, 6) is 0.0296. The van der Waals surface area contributed by atoms with Crippen molar-refractivity contribution in [2.75, 3.05) is 13.6 Å². The van der Waals surface area contributed by atoms with E-state index in [1.54, 1.807) is 4.90 Å². The molecular formula is C22H25N3O. The average Bonchev–Trinajstić information content (AvgIpc) is 2.96. The average molecular weight is 347 g/mol. The van der Waals surface area contributed by atoms with Crippen molar-refractivity contribution in [3.05, 3.63) is 77.1 Å². The highest BCUT2D eigenvalue weighted by Gasteiger charge is 2.13. The molecule has 0 aliphatic rings. The van der Waals surface area contributed by atoms with Crippen LogP contribution in [0.3, 0.4) is 0 Å². The van der Waals surface area contributed by atoms with E-state index in [4.69, 9.17) is 0 Å². The van der Waals surface area contributed by atoms with Crippen LogP contribution in [-0.2, 0) is 6.54 Å². The maximum atomic E-state index is 12.8.